The van der Waals surface area contributed by atoms with Crippen LogP contribution in [0.4, 0.5) is 5.82 Å². The third kappa shape index (κ3) is 3.02. The highest BCUT2D eigenvalue weighted by Crippen LogP contribution is 2.32. The zero-order valence-electron chi connectivity index (χ0n) is 11.2. The van der Waals surface area contributed by atoms with E-state index in [9.17, 15) is 0 Å². The van der Waals surface area contributed by atoms with Crippen LogP contribution in [0, 0.1) is 0 Å². The van der Waals surface area contributed by atoms with Crippen molar-refractivity contribution in [1.29, 1.82) is 0 Å². The third-order valence-corrected chi connectivity index (χ3v) is 3.57. The number of rotatable bonds is 1. The van der Waals surface area contributed by atoms with Crippen LogP contribution in [0.3, 0.4) is 0 Å². The summed E-state index contributed by atoms with van der Waals surface area (Å²) in [5.41, 5.74) is 8.69. The van der Waals surface area contributed by atoms with Crippen molar-refractivity contribution in [2.24, 2.45) is 0 Å². The summed E-state index contributed by atoms with van der Waals surface area (Å²) in [5.74, 6) is 0.293. The second kappa shape index (κ2) is 5.03. The monoisotopic (exact) mass is 294 g/mol. The average Bonchev–Trinajstić information content (AvgIpc) is 2.33. The molecule has 2 rings (SSSR count). The molecule has 0 aliphatic heterocycles. The van der Waals surface area contributed by atoms with E-state index in [1.165, 1.54) is 5.56 Å². The Balaban J connectivity index is 2.46. The van der Waals surface area contributed by atoms with Gasteiger partial charge in [-0.2, -0.15) is 0 Å². The molecule has 1 aromatic carbocycles. The molecule has 0 amide bonds. The summed E-state index contributed by atoms with van der Waals surface area (Å²) in [6, 6.07) is 9.79. The minimum absolute atomic E-state index is 0.120. The molecule has 2 aromatic rings. The van der Waals surface area contributed by atoms with Crippen molar-refractivity contribution in [2.45, 2.75) is 26.2 Å². The third-order valence-electron chi connectivity index (χ3n) is 2.98. The van der Waals surface area contributed by atoms with Gasteiger partial charge < -0.3 is 5.73 Å². The SMILES string of the molecule is CC(C)(C)c1ccc(-c2nc(N)c(Cl)cc2Cl)cc1. The molecule has 4 heteroatoms. The minimum Gasteiger partial charge on any atom is -0.382 e. The molecule has 0 atom stereocenters. The quantitative estimate of drug-likeness (QED) is 0.809. The molecule has 2 nitrogen and oxygen atoms in total. The molecule has 0 saturated heterocycles. The molecule has 1 heterocycles. The molecular formula is C15H16Cl2N2. The molecule has 19 heavy (non-hydrogen) atoms. The van der Waals surface area contributed by atoms with E-state index in [1.807, 2.05) is 12.1 Å². The first-order valence-corrected chi connectivity index (χ1v) is 6.77. The maximum absolute atomic E-state index is 6.16. The summed E-state index contributed by atoms with van der Waals surface area (Å²) in [6.07, 6.45) is 0. The van der Waals surface area contributed by atoms with E-state index in [0.717, 1.165) is 5.56 Å². The number of aromatic nitrogens is 1. The van der Waals surface area contributed by atoms with Gasteiger partial charge in [0.15, 0.2) is 0 Å². The Morgan fingerprint density at radius 3 is 2.11 bits per heavy atom. The zero-order chi connectivity index (χ0) is 14.2. The van der Waals surface area contributed by atoms with Gasteiger partial charge in [-0.05, 0) is 17.0 Å². The van der Waals surface area contributed by atoms with Crippen LogP contribution < -0.4 is 5.73 Å². The Morgan fingerprint density at radius 2 is 1.58 bits per heavy atom. The van der Waals surface area contributed by atoms with Gasteiger partial charge in [-0.3, -0.25) is 0 Å². The Kier molecular flexibility index (Phi) is 3.75. The van der Waals surface area contributed by atoms with Gasteiger partial charge in [-0.25, -0.2) is 4.98 Å². The molecule has 0 bridgehead atoms. The molecule has 100 valence electrons. The van der Waals surface area contributed by atoms with E-state index >= 15 is 0 Å². The fourth-order valence-electron chi connectivity index (χ4n) is 1.81. The summed E-state index contributed by atoms with van der Waals surface area (Å²) in [7, 11) is 0. The number of hydrogen-bond acceptors (Lipinski definition) is 2. The van der Waals surface area contributed by atoms with Crippen molar-refractivity contribution in [3.63, 3.8) is 0 Å². The summed E-state index contributed by atoms with van der Waals surface area (Å²) in [4.78, 5) is 4.25. The molecule has 1 aromatic heterocycles. The van der Waals surface area contributed by atoms with Crippen LogP contribution in [0.2, 0.25) is 10.0 Å². The summed E-state index contributed by atoms with van der Waals surface area (Å²) in [5, 5.41) is 0.878. The summed E-state index contributed by atoms with van der Waals surface area (Å²) < 4.78 is 0. The van der Waals surface area contributed by atoms with Gasteiger partial charge in [-0.1, -0.05) is 68.2 Å². The highest BCUT2D eigenvalue weighted by molar-refractivity contribution is 6.37. The molecule has 2 N–H and O–H groups in total. The van der Waals surface area contributed by atoms with Crippen molar-refractivity contribution < 1.29 is 0 Å². The van der Waals surface area contributed by atoms with Gasteiger partial charge in [-0.15, -0.1) is 0 Å². The van der Waals surface area contributed by atoms with Crippen LogP contribution in [0.1, 0.15) is 26.3 Å². The predicted molar refractivity (Wildman–Crippen MR) is 82.8 cm³/mol. The van der Waals surface area contributed by atoms with E-state index in [0.29, 0.717) is 21.6 Å². The first kappa shape index (κ1) is 14.2. The van der Waals surface area contributed by atoms with Crippen LogP contribution in [-0.4, -0.2) is 4.98 Å². The minimum atomic E-state index is 0.120. The summed E-state index contributed by atoms with van der Waals surface area (Å²) in [6.45, 7) is 6.52. The Morgan fingerprint density at radius 1 is 1.00 bits per heavy atom. The fourth-order valence-corrected chi connectivity index (χ4v) is 2.28. The molecule has 0 fully saturated rings. The van der Waals surface area contributed by atoms with Crippen LogP contribution >= 0.6 is 23.2 Å². The van der Waals surface area contributed by atoms with E-state index in [2.05, 4.69) is 37.9 Å². The zero-order valence-corrected chi connectivity index (χ0v) is 12.7. The molecular weight excluding hydrogens is 279 g/mol. The normalized spacial score (nSPS) is 11.6. The number of halogens is 2. The lowest BCUT2D eigenvalue weighted by Gasteiger charge is -2.19. The highest BCUT2D eigenvalue weighted by Gasteiger charge is 2.14. The van der Waals surface area contributed by atoms with Gasteiger partial charge in [0.25, 0.3) is 0 Å². The topological polar surface area (TPSA) is 38.9 Å². The Bertz CT molecular complexity index is 599. The summed E-state index contributed by atoms with van der Waals surface area (Å²) >= 11 is 12.0. The number of nitrogen functional groups attached to an aromatic ring is 1. The molecule has 0 radical (unpaired) electrons. The standard InChI is InChI=1S/C15H16Cl2N2/c1-15(2,3)10-6-4-9(5-7-10)13-11(16)8-12(17)14(18)19-13/h4-8H,1-3H3,(H2,18,19). The molecule has 0 spiro atoms. The lowest BCUT2D eigenvalue weighted by molar-refractivity contribution is 0.590. The molecule has 0 unspecified atom stereocenters. The van der Waals surface area contributed by atoms with Crippen molar-refractivity contribution in [3.8, 4) is 11.3 Å². The van der Waals surface area contributed by atoms with Crippen LogP contribution in [0.5, 0.6) is 0 Å². The second-order valence-corrected chi connectivity index (χ2v) is 6.33. The predicted octanol–water partition coefficient (Wildman–Crippen LogP) is 4.94. The molecule has 0 saturated carbocycles. The number of hydrogen-bond donors (Lipinski definition) is 1. The lowest BCUT2D eigenvalue weighted by Crippen LogP contribution is -2.10. The van der Waals surface area contributed by atoms with Crippen LogP contribution in [-0.2, 0) is 5.41 Å². The van der Waals surface area contributed by atoms with Crippen LogP contribution in [0.15, 0.2) is 30.3 Å². The smallest absolute Gasteiger partial charge is 0.143 e. The van der Waals surface area contributed by atoms with Crippen molar-refractivity contribution in [3.05, 3.63) is 45.9 Å². The second-order valence-electron chi connectivity index (χ2n) is 5.51. The first-order chi connectivity index (χ1) is 8.79. The number of anilines is 1. The highest BCUT2D eigenvalue weighted by atomic mass is 35.5. The van der Waals surface area contributed by atoms with E-state index < -0.39 is 0 Å². The van der Waals surface area contributed by atoms with E-state index in [1.54, 1.807) is 6.07 Å². The van der Waals surface area contributed by atoms with Crippen molar-refractivity contribution in [2.75, 3.05) is 5.73 Å². The van der Waals surface area contributed by atoms with Gasteiger partial charge in [0.1, 0.15) is 5.82 Å². The largest absolute Gasteiger partial charge is 0.382 e. The molecule has 0 aliphatic carbocycles. The van der Waals surface area contributed by atoms with E-state index in [-0.39, 0.29) is 5.41 Å². The Hall–Kier alpha value is -1.25. The van der Waals surface area contributed by atoms with Gasteiger partial charge >= 0.3 is 0 Å². The number of benzene rings is 1. The van der Waals surface area contributed by atoms with E-state index in [4.69, 9.17) is 28.9 Å². The average molecular weight is 295 g/mol. The Labute approximate surface area is 123 Å². The molecule has 0 aliphatic rings. The maximum atomic E-state index is 6.16. The lowest BCUT2D eigenvalue weighted by atomic mass is 9.86. The van der Waals surface area contributed by atoms with Crippen molar-refractivity contribution in [1.82, 2.24) is 4.98 Å². The van der Waals surface area contributed by atoms with Crippen LogP contribution in [0.25, 0.3) is 11.3 Å². The number of nitrogens with two attached hydrogens (primary N) is 1. The van der Waals surface area contributed by atoms with Gasteiger partial charge in [0, 0.05) is 5.56 Å². The number of pyridine rings is 1. The first-order valence-electron chi connectivity index (χ1n) is 6.01. The van der Waals surface area contributed by atoms with Crippen molar-refractivity contribution >= 4 is 29.0 Å². The van der Waals surface area contributed by atoms with Gasteiger partial charge in [0.2, 0.25) is 0 Å². The van der Waals surface area contributed by atoms with Gasteiger partial charge in [0.05, 0.1) is 15.7 Å². The number of nitrogens with zero attached hydrogens (tertiary/aromatic N) is 1. The fraction of sp³-hybridized carbons (Fsp3) is 0.267. The maximum Gasteiger partial charge on any atom is 0.143 e.